The van der Waals surface area contributed by atoms with Gasteiger partial charge in [0.2, 0.25) is 0 Å². The molecule has 0 aromatic heterocycles. The van der Waals surface area contributed by atoms with E-state index in [0.29, 0.717) is 11.4 Å². The van der Waals surface area contributed by atoms with Crippen molar-refractivity contribution in [3.63, 3.8) is 0 Å². The van der Waals surface area contributed by atoms with Crippen molar-refractivity contribution in [1.82, 2.24) is 0 Å². The fourth-order valence-corrected chi connectivity index (χ4v) is 2.61. The maximum absolute atomic E-state index is 11.9. The van der Waals surface area contributed by atoms with Crippen molar-refractivity contribution in [3.8, 4) is 5.75 Å². The Morgan fingerprint density at radius 1 is 0.862 bits per heavy atom. The van der Waals surface area contributed by atoms with Crippen LogP contribution in [0.2, 0.25) is 0 Å². The van der Waals surface area contributed by atoms with Crippen LogP contribution in [0.15, 0.2) is 88.3 Å². The van der Waals surface area contributed by atoms with Crippen LogP contribution < -0.4 is 4.74 Å². The van der Waals surface area contributed by atoms with Gasteiger partial charge in [0.15, 0.2) is 0 Å². The average molecular weight is 450 g/mol. The Hall–Kier alpha value is -3.51. The average Bonchev–Trinajstić information content (AvgIpc) is 2.73. The van der Waals surface area contributed by atoms with E-state index < -0.39 is 11.9 Å². The van der Waals surface area contributed by atoms with Crippen LogP contribution in [0.4, 0.5) is 5.69 Å². The fourth-order valence-electron chi connectivity index (χ4n) is 2.35. The van der Waals surface area contributed by atoms with Gasteiger partial charge in [-0.05, 0) is 77.9 Å². The van der Waals surface area contributed by atoms with Crippen LogP contribution in [0.5, 0.6) is 5.75 Å². The van der Waals surface area contributed by atoms with E-state index in [9.17, 15) is 9.59 Å². The number of hydrogen-bond donors (Lipinski definition) is 1. The summed E-state index contributed by atoms with van der Waals surface area (Å²) >= 11 is 3.36. The third-order valence-corrected chi connectivity index (χ3v) is 4.39. The van der Waals surface area contributed by atoms with Crippen molar-refractivity contribution in [2.75, 3.05) is 0 Å². The molecule has 5 nitrogen and oxygen atoms in total. The zero-order chi connectivity index (χ0) is 20.6. The molecule has 0 atom stereocenters. The first kappa shape index (κ1) is 20.2. The third kappa shape index (κ3) is 6.26. The van der Waals surface area contributed by atoms with Crippen LogP contribution in [0.1, 0.15) is 21.5 Å². The summed E-state index contributed by atoms with van der Waals surface area (Å²) in [5, 5.41) is 8.89. The Kier molecular flexibility index (Phi) is 6.71. The summed E-state index contributed by atoms with van der Waals surface area (Å²) < 4.78 is 6.25. The highest BCUT2D eigenvalue weighted by molar-refractivity contribution is 9.10. The van der Waals surface area contributed by atoms with Crippen molar-refractivity contribution in [2.45, 2.75) is 0 Å². The van der Waals surface area contributed by atoms with Gasteiger partial charge in [-0.1, -0.05) is 28.1 Å². The number of hydrogen-bond acceptors (Lipinski definition) is 4. The number of carbonyl (C=O) groups excluding carboxylic acids is 1. The molecule has 0 aliphatic rings. The largest absolute Gasteiger partial charge is 0.478 e. The van der Waals surface area contributed by atoms with Crippen LogP contribution in [0.25, 0.3) is 6.08 Å². The Morgan fingerprint density at radius 2 is 1.48 bits per heavy atom. The van der Waals surface area contributed by atoms with Gasteiger partial charge in [-0.15, -0.1) is 0 Å². The predicted octanol–water partition coefficient (Wildman–Crippen LogP) is 5.52. The minimum Gasteiger partial charge on any atom is -0.478 e. The summed E-state index contributed by atoms with van der Waals surface area (Å²) in [5.74, 6) is -1.01. The van der Waals surface area contributed by atoms with Gasteiger partial charge >= 0.3 is 11.9 Å². The first-order chi connectivity index (χ1) is 14.0. The molecule has 6 heteroatoms. The van der Waals surface area contributed by atoms with E-state index in [0.717, 1.165) is 15.6 Å². The zero-order valence-corrected chi connectivity index (χ0v) is 16.7. The molecular formula is C23H16BrNO4. The van der Waals surface area contributed by atoms with Gasteiger partial charge in [0.25, 0.3) is 0 Å². The van der Waals surface area contributed by atoms with Gasteiger partial charge in [0.05, 0.1) is 11.3 Å². The van der Waals surface area contributed by atoms with Gasteiger partial charge in [0.1, 0.15) is 5.75 Å². The molecule has 0 radical (unpaired) electrons. The molecule has 0 heterocycles. The van der Waals surface area contributed by atoms with Gasteiger partial charge in [-0.2, -0.15) is 0 Å². The van der Waals surface area contributed by atoms with Gasteiger partial charge < -0.3 is 9.84 Å². The lowest BCUT2D eigenvalue weighted by Gasteiger charge is -2.02. The molecule has 0 saturated heterocycles. The van der Waals surface area contributed by atoms with E-state index >= 15 is 0 Å². The summed E-state index contributed by atoms with van der Waals surface area (Å²) in [4.78, 5) is 27.1. The molecule has 0 bridgehead atoms. The number of aromatic carboxylic acids is 1. The molecule has 3 rings (SSSR count). The maximum atomic E-state index is 11.9. The summed E-state index contributed by atoms with van der Waals surface area (Å²) in [6.45, 7) is 0. The number of benzene rings is 3. The highest BCUT2D eigenvalue weighted by atomic mass is 79.9. The number of halogens is 1. The van der Waals surface area contributed by atoms with Gasteiger partial charge in [-0.25, -0.2) is 9.59 Å². The summed E-state index contributed by atoms with van der Waals surface area (Å²) in [7, 11) is 0. The molecular weight excluding hydrogens is 434 g/mol. The number of rotatable bonds is 6. The number of carboxylic acid groups (broad SMARTS) is 1. The van der Waals surface area contributed by atoms with E-state index in [1.54, 1.807) is 48.7 Å². The van der Waals surface area contributed by atoms with Gasteiger partial charge in [-0.3, -0.25) is 4.99 Å². The topological polar surface area (TPSA) is 76.0 Å². The number of carbonyl (C=O) groups is 2. The van der Waals surface area contributed by atoms with Crippen molar-refractivity contribution < 1.29 is 19.4 Å². The second-order valence-electron chi connectivity index (χ2n) is 5.99. The minimum atomic E-state index is -0.975. The first-order valence-corrected chi connectivity index (χ1v) is 9.42. The molecule has 0 amide bonds. The molecule has 0 spiro atoms. The number of carboxylic acids is 1. The highest BCUT2D eigenvalue weighted by Crippen LogP contribution is 2.16. The number of nitrogens with zero attached hydrogens (tertiary/aromatic N) is 1. The Morgan fingerprint density at radius 3 is 2.10 bits per heavy atom. The highest BCUT2D eigenvalue weighted by Gasteiger charge is 2.02. The molecule has 3 aromatic rings. The van der Waals surface area contributed by atoms with E-state index in [-0.39, 0.29) is 5.56 Å². The van der Waals surface area contributed by atoms with E-state index in [4.69, 9.17) is 9.84 Å². The zero-order valence-electron chi connectivity index (χ0n) is 15.2. The summed E-state index contributed by atoms with van der Waals surface area (Å²) in [5.41, 5.74) is 2.57. The molecule has 0 aliphatic heterocycles. The first-order valence-electron chi connectivity index (χ1n) is 8.62. The van der Waals surface area contributed by atoms with Crippen LogP contribution in [0.3, 0.4) is 0 Å². The molecule has 0 unspecified atom stereocenters. The quantitative estimate of drug-likeness (QED) is 0.232. The van der Waals surface area contributed by atoms with Crippen LogP contribution in [-0.2, 0) is 4.79 Å². The second kappa shape index (κ2) is 9.61. The van der Waals surface area contributed by atoms with Crippen LogP contribution in [-0.4, -0.2) is 23.3 Å². The van der Waals surface area contributed by atoms with Crippen molar-refractivity contribution >= 4 is 45.8 Å². The molecule has 29 heavy (non-hydrogen) atoms. The van der Waals surface area contributed by atoms with Crippen molar-refractivity contribution in [1.29, 1.82) is 0 Å². The minimum absolute atomic E-state index is 0.212. The predicted molar refractivity (Wildman–Crippen MR) is 116 cm³/mol. The van der Waals surface area contributed by atoms with Crippen molar-refractivity contribution in [2.24, 2.45) is 4.99 Å². The lowest BCUT2D eigenvalue weighted by atomic mass is 10.2. The SMILES string of the molecule is O=C(/C=C/c1ccc(Br)cc1)Oc1ccc(/C=N/c2ccc(C(=O)O)cc2)cc1. The molecule has 144 valence electrons. The van der Waals surface area contributed by atoms with E-state index in [2.05, 4.69) is 20.9 Å². The molecule has 0 saturated carbocycles. The number of aliphatic imine (C=N–C) groups is 1. The normalized spacial score (nSPS) is 11.1. The Bertz CT molecular complexity index is 1050. The smallest absolute Gasteiger partial charge is 0.336 e. The second-order valence-corrected chi connectivity index (χ2v) is 6.90. The van der Waals surface area contributed by atoms with Gasteiger partial charge in [0, 0.05) is 16.8 Å². The van der Waals surface area contributed by atoms with Crippen LogP contribution in [0, 0.1) is 0 Å². The summed E-state index contributed by atoms with van der Waals surface area (Å²) in [6.07, 6.45) is 4.71. The Labute approximate surface area is 176 Å². The van der Waals surface area contributed by atoms with Crippen LogP contribution >= 0.6 is 15.9 Å². The third-order valence-electron chi connectivity index (χ3n) is 3.86. The molecule has 3 aromatic carbocycles. The molecule has 1 N–H and O–H groups in total. The van der Waals surface area contributed by atoms with E-state index in [1.807, 2.05) is 24.3 Å². The van der Waals surface area contributed by atoms with E-state index in [1.165, 1.54) is 18.2 Å². The fraction of sp³-hybridized carbons (Fsp3) is 0. The monoisotopic (exact) mass is 449 g/mol. The Balaban J connectivity index is 1.57. The number of ether oxygens (including phenoxy) is 1. The number of esters is 1. The molecule has 0 aliphatic carbocycles. The lowest BCUT2D eigenvalue weighted by molar-refractivity contribution is -0.128. The van der Waals surface area contributed by atoms with Crippen molar-refractivity contribution in [3.05, 3.63) is 100 Å². The standard InChI is InChI=1S/C23H16BrNO4/c24-19-8-1-16(2-9-19)5-14-22(26)29-21-12-3-17(4-13-21)15-25-20-10-6-18(7-11-20)23(27)28/h1-15H,(H,27,28)/b14-5+,25-15+. The maximum Gasteiger partial charge on any atom is 0.336 e. The lowest BCUT2D eigenvalue weighted by Crippen LogP contribution is -2.03. The molecule has 0 fully saturated rings. The summed E-state index contributed by atoms with van der Waals surface area (Å²) in [6, 6.07) is 20.7.